The van der Waals surface area contributed by atoms with Crippen LogP contribution in [0.1, 0.15) is 38.5 Å². The van der Waals surface area contributed by atoms with Crippen LogP contribution in [0.15, 0.2) is 0 Å². The van der Waals surface area contributed by atoms with Gasteiger partial charge in [-0.2, -0.15) is 0 Å². The molecule has 0 heterocycles. The first kappa shape index (κ1) is 10.4. The first-order valence-corrected chi connectivity index (χ1v) is 6.12. The van der Waals surface area contributed by atoms with E-state index in [-0.39, 0.29) is 0 Å². The topological polar surface area (TPSA) is 21.3 Å². The van der Waals surface area contributed by atoms with Crippen LogP contribution in [0.4, 0.5) is 0 Å². The van der Waals surface area contributed by atoms with Crippen LogP contribution in [0.5, 0.6) is 0 Å². The fraction of sp³-hybridized carbons (Fsp3) is 1.00. The van der Waals surface area contributed by atoms with E-state index in [1.807, 2.05) is 0 Å². The lowest BCUT2D eigenvalue weighted by molar-refractivity contribution is 0.191. The lowest BCUT2D eigenvalue weighted by Gasteiger charge is -2.22. The molecule has 2 fully saturated rings. The third-order valence-electron chi connectivity index (χ3n) is 3.92. The van der Waals surface area contributed by atoms with Gasteiger partial charge < -0.3 is 10.1 Å². The van der Waals surface area contributed by atoms with Gasteiger partial charge in [-0.25, -0.2) is 0 Å². The molecule has 2 nitrogen and oxygen atoms in total. The summed E-state index contributed by atoms with van der Waals surface area (Å²) in [5.41, 5.74) is 0. The van der Waals surface area contributed by atoms with E-state index >= 15 is 0 Å². The van der Waals surface area contributed by atoms with E-state index in [0.717, 1.165) is 24.5 Å². The predicted molar refractivity (Wildman–Crippen MR) is 58.3 cm³/mol. The van der Waals surface area contributed by atoms with E-state index in [4.69, 9.17) is 4.74 Å². The van der Waals surface area contributed by atoms with Crippen molar-refractivity contribution >= 4 is 0 Å². The zero-order chi connectivity index (χ0) is 9.80. The molecule has 0 aromatic carbocycles. The Hall–Kier alpha value is -0.0800. The number of rotatable bonds is 6. The summed E-state index contributed by atoms with van der Waals surface area (Å²) in [5.74, 6) is 2.08. The molecule has 0 aliphatic heterocycles. The van der Waals surface area contributed by atoms with Gasteiger partial charge in [0.1, 0.15) is 0 Å². The van der Waals surface area contributed by atoms with Gasteiger partial charge in [-0.05, 0) is 50.5 Å². The Kier molecular flexibility index (Phi) is 3.82. The zero-order valence-electron chi connectivity index (χ0n) is 9.30. The summed E-state index contributed by atoms with van der Waals surface area (Å²) >= 11 is 0. The predicted octanol–water partition coefficient (Wildman–Crippen LogP) is 2.19. The number of hydrogen-bond acceptors (Lipinski definition) is 2. The summed E-state index contributed by atoms with van der Waals surface area (Å²) in [6.07, 6.45) is 8.42. The molecular weight excluding hydrogens is 174 g/mol. The van der Waals surface area contributed by atoms with Gasteiger partial charge in [0.25, 0.3) is 0 Å². The highest BCUT2D eigenvalue weighted by Crippen LogP contribution is 2.44. The minimum Gasteiger partial charge on any atom is -0.385 e. The van der Waals surface area contributed by atoms with Crippen LogP contribution >= 0.6 is 0 Å². The van der Waals surface area contributed by atoms with E-state index in [9.17, 15) is 0 Å². The molecule has 0 radical (unpaired) electrons. The van der Waals surface area contributed by atoms with Crippen LogP contribution in [-0.2, 0) is 4.74 Å². The van der Waals surface area contributed by atoms with Gasteiger partial charge >= 0.3 is 0 Å². The Morgan fingerprint density at radius 1 is 1.21 bits per heavy atom. The van der Waals surface area contributed by atoms with Crippen molar-refractivity contribution in [1.29, 1.82) is 0 Å². The monoisotopic (exact) mass is 197 g/mol. The van der Waals surface area contributed by atoms with Gasteiger partial charge in [-0.3, -0.25) is 0 Å². The molecule has 14 heavy (non-hydrogen) atoms. The fourth-order valence-corrected chi connectivity index (χ4v) is 3.15. The highest BCUT2D eigenvalue weighted by atomic mass is 16.5. The quantitative estimate of drug-likeness (QED) is 0.659. The second-order valence-corrected chi connectivity index (χ2v) is 4.94. The molecule has 82 valence electrons. The molecule has 0 aromatic heterocycles. The van der Waals surface area contributed by atoms with Gasteiger partial charge in [0, 0.05) is 19.8 Å². The maximum atomic E-state index is 5.04. The molecule has 2 aliphatic carbocycles. The molecule has 0 amide bonds. The number of fused-ring (bicyclic) bond motifs is 2. The molecular formula is C12H23NO. The largest absolute Gasteiger partial charge is 0.385 e. The second-order valence-electron chi connectivity index (χ2n) is 4.94. The molecule has 2 aliphatic rings. The molecule has 2 saturated carbocycles. The van der Waals surface area contributed by atoms with Gasteiger partial charge in [0.05, 0.1) is 0 Å². The van der Waals surface area contributed by atoms with Crippen LogP contribution in [0.2, 0.25) is 0 Å². The van der Waals surface area contributed by atoms with Crippen molar-refractivity contribution in [3.05, 3.63) is 0 Å². The average Bonchev–Trinajstić information content (AvgIpc) is 2.79. The van der Waals surface area contributed by atoms with Crippen LogP contribution < -0.4 is 5.32 Å². The van der Waals surface area contributed by atoms with Crippen LogP contribution in [0, 0.1) is 11.8 Å². The Balaban J connectivity index is 1.54. The van der Waals surface area contributed by atoms with Gasteiger partial charge in [-0.15, -0.1) is 0 Å². The van der Waals surface area contributed by atoms with E-state index in [0.29, 0.717) is 0 Å². The van der Waals surface area contributed by atoms with Gasteiger partial charge in [0.15, 0.2) is 0 Å². The molecule has 0 spiro atoms. The standard InChI is InChI=1S/C12H23NO/c1-14-7-3-2-6-13-12-9-10-4-5-11(12)8-10/h10-13H,2-9H2,1H3. The van der Waals surface area contributed by atoms with Crippen molar-refractivity contribution < 1.29 is 4.74 Å². The fourth-order valence-electron chi connectivity index (χ4n) is 3.15. The Morgan fingerprint density at radius 3 is 2.79 bits per heavy atom. The van der Waals surface area contributed by atoms with Crippen LogP contribution in [0.3, 0.4) is 0 Å². The summed E-state index contributed by atoms with van der Waals surface area (Å²) in [5, 5.41) is 3.72. The number of nitrogens with one attached hydrogen (secondary N) is 1. The number of ether oxygens (including phenoxy) is 1. The third kappa shape index (κ3) is 2.48. The van der Waals surface area contributed by atoms with E-state index in [1.165, 1.54) is 45.1 Å². The lowest BCUT2D eigenvalue weighted by Crippen LogP contribution is -2.34. The van der Waals surface area contributed by atoms with Crippen LogP contribution in [0.25, 0.3) is 0 Å². The molecule has 2 heteroatoms. The average molecular weight is 197 g/mol. The Labute approximate surface area is 87.4 Å². The zero-order valence-corrected chi connectivity index (χ0v) is 9.30. The maximum Gasteiger partial charge on any atom is 0.0462 e. The molecule has 0 saturated heterocycles. The highest BCUT2D eigenvalue weighted by molar-refractivity contribution is 4.93. The van der Waals surface area contributed by atoms with Crippen molar-refractivity contribution in [2.75, 3.05) is 20.3 Å². The van der Waals surface area contributed by atoms with Crippen molar-refractivity contribution in [1.82, 2.24) is 5.32 Å². The smallest absolute Gasteiger partial charge is 0.0462 e. The summed E-state index contributed by atoms with van der Waals surface area (Å²) < 4.78 is 5.04. The van der Waals surface area contributed by atoms with E-state index in [1.54, 1.807) is 7.11 Å². The Morgan fingerprint density at radius 2 is 2.14 bits per heavy atom. The highest BCUT2D eigenvalue weighted by Gasteiger charge is 2.38. The van der Waals surface area contributed by atoms with Crippen molar-refractivity contribution in [2.24, 2.45) is 11.8 Å². The molecule has 2 rings (SSSR count). The van der Waals surface area contributed by atoms with E-state index in [2.05, 4.69) is 5.32 Å². The molecule has 2 bridgehead atoms. The van der Waals surface area contributed by atoms with Crippen molar-refractivity contribution in [3.8, 4) is 0 Å². The summed E-state index contributed by atoms with van der Waals surface area (Å²) in [6, 6.07) is 0.858. The third-order valence-corrected chi connectivity index (χ3v) is 3.92. The molecule has 1 N–H and O–H groups in total. The van der Waals surface area contributed by atoms with Crippen molar-refractivity contribution in [2.45, 2.75) is 44.6 Å². The SMILES string of the molecule is COCCCCNC1CC2CCC1C2. The van der Waals surface area contributed by atoms with Crippen LogP contribution in [-0.4, -0.2) is 26.3 Å². The first-order chi connectivity index (χ1) is 6.90. The lowest BCUT2D eigenvalue weighted by atomic mass is 9.95. The minimum absolute atomic E-state index is 0.858. The minimum atomic E-state index is 0.858. The molecule has 3 atom stereocenters. The number of methoxy groups -OCH3 is 1. The van der Waals surface area contributed by atoms with E-state index < -0.39 is 0 Å². The summed E-state index contributed by atoms with van der Waals surface area (Å²) in [4.78, 5) is 0. The molecule has 3 unspecified atom stereocenters. The number of hydrogen-bond donors (Lipinski definition) is 1. The second kappa shape index (κ2) is 5.13. The normalized spacial score (nSPS) is 35.4. The number of unbranched alkanes of at least 4 members (excludes halogenated alkanes) is 1. The maximum absolute atomic E-state index is 5.04. The van der Waals surface area contributed by atoms with Gasteiger partial charge in [0.2, 0.25) is 0 Å². The first-order valence-electron chi connectivity index (χ1n) is 6.12. The summed E-state index contributed by atoms with van der Waals surface area (Å²) in [7, 11) is 1.78. The van der Waals surface area contributed by atoms with Crippen molar-refractivity contribution in [3.63, 3.8) is 0 Å². The molecule has 0 aromatic rings. The van der Waals surface area contributed by atoms with Gasteiger partial charge in [-0.1, -0.05) is 6.42 Å². The Bertz CT molecular complexity index is 172. The summed E-state index contributed by atoms with van der Waals surface area (Å²) in [6.45, 7) is 2.11.